The Morgan fingerprint density at radius 3 is 2.04 bits per heavy atom. The SMILES string of the molecule is CCCCc1ccc(-c2ccc(-c3ccc(O)c(F)c3)c(F)c2)cc1. The lowest BCUT2D eigenvalue weighted by Gasteiger charge is -2.08. The molecule has 3 heteroatoms. The normalized spacial score (nSPS) is 10.8. The number of unbranched alkanes of at least 4 members (excludes halogenated alkanes) is 1. The Morgan fingerprint density at radius 1 is 0.760 bits per heavy atom. The lowest BCUT2D eigenvalue weighted by atomic mass is 9.98. The van der Waals surface area contributed by atoms with Crippen LogP contribution < -0.4 is 0 Å². The van der Waals surface area contributed by atoms with Crippen molar-refractivity contribution in [2.45, 2.75) is 26.2 Å². The Morgan fingerprint density at radius 2 is 1.40 bits per heavy atom. The second kappa shape index (κ2) is 7.47. The van der Waals surface area contributed by atoms with E-state index < -0.39 is 17.4 Å². The molecule has 0 aliphatic heterocycles. The van der Waals surface area contributed by atoms with Gasteiger partial charge < -0.3 is 5.11 Å². The predicted octanol–water partition coefficient (Wildman–Crippen LogP) is 6.35. The van der Waals surface area contributed by atoms with Gasteiger partial charge in [0.1, 0.15) is 5.82 Å². The van der Waals surface area contributed by atoms with Crippen molar-refractivity contribution in [1.29, 1.82) is 0 Å². The molecule has 3 rings (SSSR count). The van der Waals surface area contributed by atoms with Crippen LogP contribution in [-0.4, -0.2) is 5.11 Å². The van der Waals surface area contributed by atoms with E-state index in [1.165, 1.54) is 23.8 Å². The fourth-order valence-electron chi connectivity index (χ4n) is 2.85. The topological polar surface area (TPSA) is 20.2 Å². The molecule has 0 saturated carbocycles. The molecule has 0 amide bonds. The average molecular weight is 338 g/mol. The third kappa shape index (κ3) is 3.87. The van der Waals surface area contributed by atoms with E-state index in [0.29, 0.717) is 11.1 Å². The zero-order chi connectivity index (χ0) is 17.8. The maximum Gasteiger partial charge on any atom is 0.165 e. The van der Waals surface area contributed by atoms with Crippen molar-refractivity contribution in [3.8, 4) is 28.0 Å². The van der Waals surface area contributed by atoms with Gasteiger partial charge in [-0.15, -0.1) is 0 Å². The van der Waals surface area contributed by atoms with Crippen LogP contribution in [-0.2, 0) is 6.42 Å². The number of aromatic hydroxyl groups is 1. The first-order valence-electron chi connectivity index (χ1n) is 8.46. The lowest BCUT2D eigenvalue weighted by molar-refractivity contribution is 0.432. The highest BCUT2D eigenvalue weighted by Gasteiger charge is 2.10. The number of hydrogen-bond donors (Lipinski definition) is 1. The molecule has 0 aromatic heterocycles. The van der Waals surface area contributed by atoms with Gasteiger partial charge in [0.15, 0.2) is 11.6 Å². The number of benzene rings is 3. The molecular weight excluding hydrogens is 318 g/mol. The van der Waals surface area contributed by atoms with Crippen LogP contribution in [0.2, 0.25) is 0 Å². The monoisotopic (exact) mass is 338 g/mol. The van der Waals surface area contributed by atoms with Crippen molar-refractivity contribution < 1.29 is 13.9 Å². The lowest BCUT2D eigenvalue weighted by Crippen LogP contribution is -1.89. The molecule has 0 unspecified atom stereocenters. The van der Waals surface area contributed by atoms with Crippen LogP contribution in [0.15, 0.2) is 60.7 Å². The summed E-state index contributed by atoms with van der Waals surface area (Å²) in [5.41, 5.74) is 3.71. The summed E-state index contributed by atoms with van der Waals surface area (Å²) in [4.78, 5) is 0. The van der Waals surface area contributed by atoms with Crippen molar-refractivity contribution in [2.75, 3.05) is 0 Å². The molecule has 0 aliphatic rings. The van der Waals surface area contributed by atoms with E-state index in [2.05, 4.69) is 19.1 Å². The molecule has 1 N–H and O–H groups in total. The fourth-order valence-corrected chi connectivity index (χ4v) is 2.85. The Bertz CT molecular complexity index is 870. The highest BCUT2D eigenvalue weighted by molar-refractivity contribution is 5.71. The summed E-state index contributed by atoms with van der Waals surface area (Å²) in [7, 11) is 0. The van der Waals surface area contributed by atoms with Crippen LogP contribution in [0.5, 0.6) is 5.75 Å². The quantitative estimate of drug-likeness (QED) is 0.575. The van der Waals surface area contributed by atoms with Crippen molar-refractivity contribution in [2.24, 2.45) is 0 Å². The maximum absolute atomic E-state index is 14.5. The molecule has 0 saturated heterocycles. The van der Waals surface area contributed by atoms with Crippen LogP contribution in [0.1, 0.15) is 25.3 Å². The van der Waals surface area contributed by atoms with E-state index in [-0.39, 0.29) is 0 Å². The molecule has 25 heavy (non-hydrogen) atoms. The molecule has 0 bridgehead atoms. The summed E-state index contributed by atoms with van der Waals surface area (Å²) < 4.78 is 28.0. The Kier molecular flexibility index (Phi) is 5.13. The number of halogens is 2. The van der Waals surface area contributed by atoms with Gasteiger partial charge in [-0.1, -0.05) is 55.8 Å². The molecule has 0 atom stereocenters. The largest absolute Gasteiger partial charge is 0.505 e. The van der Waals surface area contributed by atoms with Crippen molar-refractivity contribution >= 4 is 0 Å². The number of rotatable bonds is 5. The van der Waals surface area contributed by atoms with E-state index in [1.54, 1.807) is 6.07 Å². The molecule has 128 valence electrons. The highest BCUT2D eigenvalue weighted by Crippen LogP contribution is 2.30. The number of hydrogen-bond acceptors (Lipinski definition) is 1. The molecule has 0 fully saturated rings. The van der Waals surface area contributed by atoms with Crippen molar-refractivity contribution in [3.05, 3.63) is 77.9 Å². The van der Waals surface area contributed by atoms with E-state index in [1.807, 2.05) is 18.2 Å². The van der Waals surface area contributed by atoms with Gasteiger partial charge >= 0.3 is 0 Å². The summed E-state index contributed by atoms with van der Waals surface area (Å²) in [5.74, 6) is -1.62. The Hall–Kier alpha value is -2.68. The minimum Gasteiger partial charge on any atom is -0.505 e. The molecular formula is C22H20F2O. The summed E-state index contributed by atoms with van der Waals surface area (Å²) in [6, 6.07) is 16.9. The molecule has 1 nitrogen and oxygen atoms in total. The van der Waals surface area contributed by atoms with Crippen molar-refractivity contribution in [1.82, 2.24) is 0 Å². The minimum atomic E-state index is -0.761. The first kappa shape index (κ1) is 17.2. The third-order valence-corrected chi connectivity index (χ3v) is 4.33. The van der Waals surface area contributed by atoms with Crippen LogP contribution in [0.4, 0.5) is 8.78 Å². The van der Waals surface area contributed by atoms with Crippen LogP contribution in [0.25, 0.3) is 22.3 Å². The number of phenols is 1. The second-order valence-electron chi connectivity index (χ2n) is 6.16. The third-order valence-electron chi connectivity index (χ3n) is 4.33. The second-order valence-corrected chi connectivity index (χ2v) is 6.16. The standard InChI is InChI=1S/C22H20F2O/c1-2-3-4-15-5-7-16(8-6-15)17-9-11-19(20(23)13-17)18-10-12-22(25)21(24)14-18/h5-14,25H,2-4H2,1H3. The van der Waals surface area contributed by atoms with Gasteiger partial charge in [0.05, 0.1) is 0 Å². The summed E-state index contributed by atoms with van der Waals surface area (Å²) >= 11 is 0. The van der Waals surface area contributed by atoms with Crippen molar-refractivity contribution in [3.63, 3.8) is 0 Å². The predicted molar refractivity (Wildman–Crippen MR) is 97.5 cm³/mol. The number of aryl methyl sites for hydroxylation is 1. The summed E-state index contributed by atoms with van der Waals surface area (Å²) in [6.07, 6.45) is 3.37. The van der Waals surface area contributed by atoms with E-state index in [9.17, 15) is 13.9 Å². The van der Waals surface area contributed by atoms with E-state index in [0.717, 1.165) is 36.5 Å². The van der Waals surface area contributed by atoms with Crippen LogP contribution in [0.3, 0.4) is 0 Å². The Balaban J connectivity index is 1.87. The van der Waals surface area contributed by atoms with Gasteiger partial charge in [0, 0.05) is 5.56 Å². The van der Waals surface area contributed by atoms with Gasteiger partial charge in [-0.2, -0.15) is 0 Å². The van der Waals surface area contributed by atoms with Gasteiger partial charge in [0.25, 0.3) is 0 Å². The van der Waals surface area contributed by atoms with Gasteiger partial charge in [-0.3, -0.25) is 0 Å². The van der Waals surface area contributed by atoms with Gasteiger partial charge in [0.2, 0.25) is 0 Å². The molecule has 0 radical (unpaired) electrons. The zero-order valence-electron chi connectivity index (χ0n) is 14.1. The summed E-state index contributed by atoms with van der Waals surface area (Å²) in [5, 5.41) is 9.26. The molecule has 0 spiro atoms. The van der Waals surface area contributed by atoms with E-state index >= 15 is 0 Å². The molecule has 0 heterocycles. The molecule has 3 aromatic rings. The number of phenolic OH excluding ortho intramolecular Hbond substituents is 1. The Labute approximate surface area is 146 Å². The zero-order valence-corrected chi connectivity index (χ0v) is 14.1. The van der Waals surface area contributed by atoms with E-state index in [4.69, 9.17) is 0 Å². The first-order chi connectivity index (χ1) is 12.1. The highest BCUT2D eigenvalue weighted by atomic mass is 19.1. The molecule has 0 aliphatic carbocycles. The van der Waals surface area contributed by atoms with Gasteiger partial charge in [-0.05, 0) is 53.3 Å². The fraction of sp³-hybridized carbons (Fsp3) is 0.182. The first-order valence-corrected chi connectivity index (χ1v) is 8.46. The maximum atomic E-state index is 14.5. The average Bonchev–Trinajstić information content (AvgIpc) is 2.63. The van der Waals surface area contributed by atoms with Gasteiger partial charge in [-0.25, -0.2) is 8.78 Å². The smallest absolute Gasteiger partial charge is 0.165 e. The van der Waals surface area contributed by atoms with Crippen LogP contribution >= 0.6 is 0 Å². The van der Waals surface area contributed by atoms with Crippen LogP contribution in [0, 0.1) is 11.6 Å². The molecule has 3 aromatic carbocycles. The summed E-state index contributed by atoms with van der Waals surface area (Å²) in [6.45, 7) is 2.17. The minimum absolute atomic E-state index is 0.308.